The lowest BCUT2D eigenvalue weighted by atomic mass is 10.0. The summed E-state index contributed by atoms with van der Waals surface area (Å²) >= 11 is 0.904. The number of imidazole rings is 1. The molecule has 0 spiro atoms. The first-order chi connectivity index (χ1) is 10.7. The number of fused-ring (bicyclic) bond motifs is 6. The molecule has 5 nitrogen and oxygen atoms in total. The first kappa shape index (κ1) is 12.9. The number of nitrogens with one attached hydrogen (secondary N) is 2. The van der Waals surface area contributed by atoms with Crippen molar-refractivity contribution in [2.75, 3.05) is 0 Å². The summed E-state index contributed by atoms with van der Waals surface area (Å²) in [6, 6.07) is 6.01. The highest BCUT2D eigenvalue weighted by molar-refractivity contribution is 8.03. The molecular weight excluding hydrogens is 303 g/mol. The van der Waals surface area contributed by atoms with Gasteiger partial charge in [-0.1, -0.05) is 0 Å². The lowest BCUT2D eigenvalue weighted by Gasteiger charge is -2.05. The van der Waals surface area contributed by atoms with Crippen molar-refractivity contribution >= 4 is 44.3 Å². The van der Waals surface area contributed by atoms with E-state index in [4.69, 9.17) is 5.26 Å². The summed E-state index contributed by atoms with van der Waals surface area (Å²) in [5.41, 5.74) is 0.983. The summed E-state index contributed by atoms with van der Waals surface area (Å²) < 4.78 is 13.6. The highest BCUT2D eigenvalue weighted by atomic mass is 32.2. The second kappa shape index (κ2) is 4.58. The molecule has 0 aliphatic carbocycles. The minimum absolute atomic E-state index is 0.299. The highest BCUT2D eigenvalue weighted by Crippen LogP contribution is 2.33. The van der Waals surface area contributed by atoms with E-state index in [9.17, 15) is 9.18 Å². The number of H-pyrrole nitrogens is 2. The zero-order chi connectivity index (χ0) is 15.3. The topological polar surface area (TPSA) is 85.3 Å². The second-order valence-corrected chi connectivity index (χ2v) is 5.52. The lowest BCUT2D eigenvalue weighted by Crippen LogP contribution is -2.05. The number of nitriles is 1. The van der Waals surface area contributed by atoms with Crippen molar-refractivity contribution in [1.29, 1.82) is 5.26 Å². The van der Waals surface area contributed by atoms with E-state index in [1.807, 2.05) is 5.40 Å². The average molecular weight is 310 g/mol. The van der Waals surface area contributed by atoms with E-state index in [2.05, 4.69) is 15.0 Å². The van der Waals surface area contributed by atoms with Gasteiger partial charge in [0.1, 0.15) is 11.2 Å². The average Bonchev–Trinajstić information content (AvgIpc) is 2.91. The fraction of sp³-hybridized carbons (Fsp3) is 0. The summed E-state index contributed by atoms with van der Waals surface area (Å²) in [6.45, 7) is 0. The van der Waals surface area contributed by atoms with Crippen LogP contribution in [0.25, 0.3) is 32.6 Å². The molecule has 0 atom stereocenters. The Morgan fingerprint density at radius 2 is 2.09 bits per heavy atom. The summed E-state index contributed by atoms with van der Waals surface area (Å²) in [4.78, 5) is 22.3. The maximum atomic E-state index is 13.6. The standard InChI is InChI=1S/C15H7FN4OS/c16-7-1-2-8-10(5-7)11-9(3-4-18-14(11)21)13-12(8)19-15(20-13)22-6-17/h1-5H,(H,18,21)(H,19,20). The molecule has 0 unspecified atom stereocenters. The molecule has 0 aliphatic heterocycles. The predicted octanol–water partition coefficient (Wildman–Crippen LogP) is 3.27. The fourth-order valence-corrected chi connectivity index (χ4v) is 3.09. The van der Waals surface area contributed by atoms with Crippen LogP contribution in [0.3, 0.4) is 0 Å². The molecule has 2 heterocycles. The van der Waals surface area contributed by atoms with E-state index < -0.39 is 5.82 Å². The SMILES string of the molecule is N#CSc1nc2c3cc[nH]c(=O)c3c3cc(F)ccc3c2[nH]1. The third-order valence-corrected chi connectivity index (χ3v) is 4.04. The van der Waals surface area contributed by atoms with Crippen LogP contribution in [0.1, 0.15) is 0 Å². The van der Waals surface area contributed by atoms with Crippen LogP contribution in [0.2, 0.25) is 0 Å². The van der Waals surface area contributed by atoms with Crippen LogP contribution in [0.15, 0.2) is 40.4 Å². The van der Waals surface area contributed by atoms with Crippen LogP contribution >= 0.6 is 11.8 Å². The Kier molecular flexibility index (Phi) is 2.68. The molecule has 2 aromatic carbocycles. The summed E-state index contributed by atoms with van der Waals surface area (Å²) in [5, 5.41) is 13.4. The van der Waals surface area contributed by atoms with Crippen LogP contribution < -0.4 is 5.56 Å². The second-order valence-electron chi connectivity index (χ2n) is 4.74. The Balaban J connectivity index is 2.34. The van der Waals surface area contributed by atoms with Crippen molar-refractivity contribution in [3.8, 4) is 5.40 Å². The minimum Gasteiger partial charge on any atom is -0.332 e. The third kappa shape index (κ3) is 1.71. The molecule has 0 fully saturated rings. The number of aromatic amines is 2. The van der Waals surface area contributed by atoms with Crippen LogP contribution in [-0.4, -0.2) is 15.0 Å². The number of thioether (sulfide) groups is 1. The van der Waals surface area contributed by atoms with Crippen molar-refractivity contribution in [1.82, 2.24) is 15.0 Å². The number of benzene rings is 2. The number of thiocyanates is 1. The number of hydrogen-bond acceptors (Lipinski definition) is 4. The largest absolute Gasteiger partial charge is 0.332 e. The Morgan fingerprint density at radius 3 is 2.91 bits per heavy atom. The molecule has 0 amide bonds. The van der Waals surface area contributed by atoms with E-state index in [1.165, 1.54) is 18.3 Å². The van der Waals surface area contributed by atoms with Gasteiger partial charge in [-0.05, 0) is 24.3 Å². The number of nitrogens with zero attached hydrogens (tertiary/aromatic N) is 2. The molecule has 2 N–H and O–H groups in total. The molecule has 0 bridgehead atoms. The molecule has 0 radical (unpaired) electrons. The van der Waals surface area contributed by atoms with Crippen molar-refractivity contribution < 1.29 is 4.39 Å². The minimum atomic E-state index is -0.414. The van der Waals surface area contributed by atoms with Gasteiger partial charge in [0.15, 0.2) is 5.16 Å². The van der Waals surface area contributed by atoms with Crippen LogP contribution in [0.5, 0.6) is 0 Å². The molecule has 0 saturated carbocycles. The van der Waals surface area contributed by atoms with E-state index in [0.29, 0.717) is 37.7 Å². The number of halogens is 1. The van der Waals surface area contributed by atoms with Crippen molar-refractivity contribution in [3.05, 3.63) is 46.6 Å². The molecule has 4 rings (SSSR count). The first-order valence-electron chi connectivity index (χ1n) is 6.37. The van der Waals surface area contributed by atoms with Gasteiger partial charge < -0.3 is 9.97 Å². The van der Waals surface area contributed by atoms with E-state index in [0.717, 1.165) is 11.8 Å². The maximum Gasteiger partial charge on any atom is 0.256 e. The van der Waals surface area contributed by atoms with E-state index in [1.54, 1.807) is 12.1 Å². The molecule has 7 heteroatoms. The van der Waals surface area contributed by atoms with Crippen molar-refractivity contribution in [2.45, 2.75) is 5.16 Å². The quantitative estimate of drug-likeness (QED) is 0.321. The van der Waals surface area contributed by atoms with Gasteiger partial charge in [0, 0.05) is 34.1 Å². The van der Waals surface area contributed by atoms with Crippen LogP contribution in [0, 0.1) is 16.5 Å². The monoisotopic (exact) mass is 310 g/mol. The molecule has 2 aromatic heterocycles. The van der Waals surface area contributed by atoms with Gasteiger partial charge in [-0.3, -0.25) is 4.79 Å². The Bertz CT molecular complexity index is 1160. The predicted molar refractivity (Wildman–Crippen MR) is 83.2 cm³/mol. The van der Waals surface area contributed by atoms with Gasteiger partial charge in [-0.25, -0.2) is 9.37 Å². The first-order valence-corrected chi connectivity index (χ1v) is 7.19. The molecule has 0 saturated heterocycles. The van der Waals surface area contributed by atoms with Crippen LogP contribution in [0.4, 0.5) is 4.39 Å². The van der Waals surface area contributed by atoms with E-state index >= 15 is 0 Å². The zero-order valence-corrected chi connectivity index (χ0v) is 11.8. The fourth-order valence-electron chi connectivity index (χ4n) is 2.72. The van der Waals surface area contributed by atoms with Crippen molar-refractivity contribution in [2.24, 2.45) is 0 Å². The maximum absolute atomic E-state index is 13.6. The van der Waals surface area contributed by atoms with Gasteiger partial charge in [-0.2, -0.15) is 5.26 Å². The van der Waals surface area contributed by atoms with Gasteiger partial charge in [0.2, 0.25) is 0 Å². The smallest absolute Gasteiger partial charge is 0.256 e. The normalized spacial score (nSPS) is 11.3. The molecule has 106 valence electrons. The summed E-state index contributed by atoms with van der Waals surface area (Å²) in [6.07, 6.45) is 1.53. The molecule has 0 aliphatic rings. The highest BCUT2D eigenvalue weighted by Gasteiger charge is 2.15. The molecule has 22 heavy (non-hydrogen) atoms. The number of rotatable bonds is 1. The Labute approximate surface area is 126 Å². The van der Waals surface area contributed by atoms with Gasteiger partial charge in [0.05, 0.1) is 16.4 Å². The van der Waals surface area contributed by atoms with Crippen molar-refractivity contribution in [3.63, 3.8) is 0 Å². The van der Waals surface area contributed by atoms with Gasteiger partial charge in [-0.15, -0.1) is 0 Å². The molecule has 4 aromatic rings. The number of aromatic nitrogens is 3. The number of hydrogen-bond donors (Lipinski definition) is 2. The van der Waals surface area contributed by atoms with Gasteiger partial charge >= 0.3 is 0 Å². The zero-order valence-electron chi connectivity index (χ0n) is 11.0. The Hall–Kier alpha value is -2.85. The molecular formula is C15H7FN4OS. The summed E-state index contributed by atoms with van der Waals surface area (Å²) in [5.74, 6) is -0.414. The van der Waals surface area contributed by atoms with E-state index in [-0.39, 0.29) is 5.56 Å². The van der Waals surface area contributed by atoms with Crippen LogP contribution in [-0.2, 0) is 0 Å². The summed E-state index contributed by atoms with van der Waals surface area (Å²) in [7, 11) is 0. The van der Waals surface area contributed by atoms with Gasteiger partial charge in [0.25, 0.3) is 5.56 Å². The third-order valence-electron chi connectivity index (χ3n) is 3.56. The number of pyridine rings is 1. The Morgan fingerprint density at radius 1 is 1.23 bits per heavy atom. The lowest BCUT2D eigenvalue weighted by molar-refractivity contribution is 0.630.